The Morgan fingerprint density at radius 3 is 2.16 bits per heavy atom. The van der Waals surface area contributed by atoms with Crippen LogP contribution in [0.3, 0.4) is 0 Å². The highest BCUT2D eigenvalue weighted by Gasteiger charge is 2.27. The highest BCUT2D eigenvalue weighted by Crippen LogP contribution is 2.32. The first-order valence-electron chi connectivity index (χ1n) is 6.39. The molecule has 0 aliphatic heterocycles. The van der Waals surface area contributed by atoms with Gasteiger partial charge in [0, 0.05) is 0 Å². The third-order valence-corrected chi connectivity index (χ3v) is 3.79. The number of rotatable bonds is 2. The fourth-order valence-electron chi connectivity index (χ4n) is 2.32. The van der Waals surface area contributed by atoms with Gasteiger partial charge < -0.3 is 5.11 Å². The summed E-state index contributed by atoms with van der Waals surface area (Å²) in [5.74, 6) is -0.329. The predicted molar refractivity (Wildman–Crippen MR) is 75.7 cm³/mol. The van der Waals surface area contributed by atoms with E-state index in [0.29, 0.717) is 5.56 Å². The number of hydrogen-bond donors (Lipinski definition) is 1. The maximum absolute atomic E-state index is 13.4. The molecule has 2 aromatic carbocycles. The zero-order chi connectivity index (χ0) is 14.2. The second kappa shape index (κ2) is 4.78. The molecule has 1 nitrogen and oxygen atoms in total. The largest absolute Gasteiger partial charge is 0.381 e. The van der Waals surface area contributed by atoms with E-state index in [2.05, 4.69) is 0 Å². The number of halogens is 1. The first-order valence-corrected chi connectivity index (χ1v) is 6.39. The molecular formula is C17H19FO. The fourth-order valence-corrected chi connectivity index (χ4v) is 2.32. The van der Waals surface area contributed by atoms with Gasteiger partial charge in [0.05, 0.1) is 0 Å². The first kappa shape index (κ1) is 13.8. The van der Waals surface area contributed by atoms with Crippen LogP contribution < -0.4 is 0 Å². The Kier molecular flexibility index (Phi) is 3.46. The minimum atomic E-state index is -1.19. The van der Waals surface area contributed by atoms with Crippen LogP contribution in [0.2, 0.25) is 0 Å². The van der Waals surface area contributed by atoms with Crippen LogP contribution in [0.1, 0.15) is 34.7 Å². The predicted octanol–water partition coefficient (Wildman–Crippen LogP) is 4.01. The average molecular weight is 258 g/mol. The van der Waals surface area contributed by atoms with Gasteiger partial charge in [-0.1, -0.05) is 24.3 Å². The van der Waals surface area contributed by atoms with Crippen LogP contribution in [-0.2, 0) is 5.60 Å². The maximum Gasteiger partial charge on any atom is 0.123 e. The molecule has 0 aliphatic rings. The average Bonchev–Trinajstić information content (AvgIpc) is 2.35. The van der Waals surface area contributed by atoms with Crippen molar-refractivity contribution >= 4 is 0 Å². The van der Waals surface area contributed by atoms with Crippen LogP contribution in [0.5, 0.6) is 0 Å². The van der Waals surface area contributed by atoms with E-state index in [1.807, 2.05) is 39.0 Å². The maximum atomic E-state index is 13.4. The standard InChI is InChI=1S/C17H19FO/c1-11-5-7-14(9-13(11)3)17(4,19)16-10-15(18)8-6-12(16)2/h5-10,19H,1-4H3. The summed E-state index contributed by atoms with van der Waals surface area (Å²) in [4.78, 5) is 0. The van der Waals surface area contributed by atoms with Crippen LogP contribution in [0.4, 0.5) is 4.39 Å². The van der Waals surface area contributed by atoms with Gasteiger partial charge in [-0.15, -0.1) is 0 Å². The molecule has 0 fully saturated rings. The summed E-state index contributed by atoms with van der Waals surface area (Å²) in [6, 6.07) is 10.3. The van der Waals surface area contributed by atoms with Gasteiger partial charge >= 0.3 is 0 Å². The van der Waals surface area contributed by atoms with E-state index in [9.17, 15) is 9.50 Å². The Morgan fingerprint density at radius 2 is 1.53 bits per heavy atom. The van der Waals surface area contributed by atoms with Crippen molar-refractivity contribution in [3.8, 4) is 0 Å². The summed E-state index contributed by atoms with van der Waals surface area (Å²) in [6.45, 7) is 7.62. The van der Waals surface area contributed by atoms with Crippen molar-refractivity contribution < 1.29 is 9.50 Å². The molecular weight excluding hydrogens is 239 g/mol. The van der Waals surface area contributed by atoms with Gasteiger partial charge in [-0.05, 0) is 67.6 Å². The van der Waals surface area contributed by atoms with Crippen molar-refractivity contribution in [1.29, 1.82) is 0 Å². The van der Waals surface area contributed by atoms with Gasteiger partial charge in [0.2, 0.25) is 0 Å². The number of benzene rings is 2. The van der Waals surface area contributed by atoms with Gasteiger partial charge in [0.1, 0.15) is 11.4 Å². The molecule has 0 amide bonds. The highest BCUT2D eigenvalue weighted by atomic mass is 19.1. The van der Waals surface area contributed by atoms with E-state index in [1.54, 1.807) is 13.0 Å². The van der Waals surface area contributed by atoms with E-state index >= 15 is 0 Å². The lowest BCUT2D eigenvalue weighted by Gasteiger charge is -2.27. The summed E-state index contributed by atoms with van der Waals surface area (Å²) in [5.41, 5.74) is 3.37. The molecule has 0 spiro atoms. The second-order valence-corrected chi connectivity index (χ2v) is 5.33. The molecule has 1 unspecified atom stereocenters. The number of aliphatic hydroxyl groups is 1. The summed E-state index contributed by atoms with van der Waals surface area (Å²) in [5, 5.41) is 10.8. The van der Waals surface area contributed by atoms with Crippen molar-refractivity contribution in [3.63, 3.8) is 0 Å². The third-order valence-electron chi connectivity index (χ3n) is 3.79. The Labute approximate surface area is 113 Å². The Balaban J connectivity index is 2.57. The molecule has 1 atom stereocenters. The Hall–Kier alpha value is -1.67. The van der Waals surface area contributed by atoms with Gasteiger partial charge in [0.15, 0.2) is 0 Å². The lowest BCUT2D eigenvalue weighted by atomic mass is 9.84. The third kappa shape index (κ3) is 2.54. The van der Waals surface area contributed by atoms with Crippen LogP contribution in [0.15, 0.2) is 36.4 Å². The molecule has 0 aliphatic carbocycles. The van der Waals surface area contributed by atoms with Crippen molar-refractivity contribution in [2.75, 3.05) is 0 Å². The molecule has 2 heteroatoms. The quantitative estimate of drug-likeness (QED) is 0.863. The monoisotopic (exact) mass is 258 g/mol. The molecule has 1 N–H and O–H groups in total. The molecule has 100 valence electrons. The minimum Gasteiger partial charge on any atom is -0.381 e. The SMILES string of the molecule is Cc1ccc(C(C)(O)c2cc(F)ccc2C)cc1C. The molecule has 0 bridgehead atoms. The molecule has 0 saturated carbocycles. The molecule has 0 aromatic heterocycles. The summed E-state index contributed by atoms with van der Waals surface area (Å²) in [7, 11) is 0. The summed E-state index contributed by atoms with van der Waals surface area (Å²) in [6.07, 6.45) is 0. The first-order chi connectivity index (χ1) is 8.82. The van der Waals surface area contributed by atoms with Crippen LogP contribution in [-0.4, -0.2) is 5.11 Å². The van der Waals surface area contributed by atoms with Gasteiger partial charge in [-0.2, -0.15) is 0 Å². The molecule has 0 heterocycles. The van der Waals surface area contributed by atoms with Crippen LogP contribution >= 0.6 is 0 Å². The topological polar surface area (TPSA) is 20.2 Å². The zero-order valence-electron chi connectivity index (χ0n) is 11.8. The molecule has 2 aromatic rings. The Bertz CT molecular complexity index is 615. The highest BCUT2D eigenvalue weighted by molar-refractivity contribution is 5.42. The van der Waals surface area contributed by atoms with Crippen molar-refractivity contribution in [1.82, 2.24) is 0 Å². The summed E-state index contributed by atoms with van der Waals surface area (Å²) < 4.78 is 13.4. The van der Waals surface area contributed by atoms with Crippen molar-refractivity contribution in [3.05, 3.63) is 70.0 Å². The molecule has 19 heavy (non-hydrogen) atoms. The normalized spacial score (nSPS) is 14.2. The van der Waals surface area contributed by atoms with E-state index < -0.39 is 5.60 Å². The second-order valence-electron chi connectivity index (χ2n) is 5.33. The molecule has 0 radical (unpaired) electrons. The van der Waals surface area contributed by atoms with Crippen LogP contribution in [0.25, 0.3) is 0 Å². The van der Waals surface area contributed by atoms with E-state index in [0.717, 1.165) is 16.7 Å². The fraction of sp³-hybridized carbons (Fsp3) is 0.294. The molecule has 2 rings (SSSR count). The van der Waals surface area contributed by atoms with Crippen molar-refractivity contribution in [2.24, 2.45) is 0 Å². The zero-order valence-corrected chi connectivity index (χ0v) is 11.8. The smallest absolute Gasteiger partial charge is 0.123 e. The van der Waals surface area contributed by atoms with Crippen molar-refractivity contribution in [2.45, 2.75) is 33.3 Å². The Morgan fingerprint density at radius 1 is 0.895 bits per heavy atom. The molecule has 0 saturated heterocycles. The minimum absolute atomic E-state index is 0.329. The van der Waals surface area contributed by atoms with Crippen LogP contribution in [0, 0.1) is 26.6 Å². The van der Waals surface area contributed by atoms with E-state index in [4.69, 9.17) is 0 Å². The number of aryl methyl sites for hydroxylation is 3. The number of hydrogen-bond acceptors (Lipinski definition) is 1. The van der Waals surface area contributed by atoms with Gasteiger partial charge in [-0.3, -0.25) is 0 Å². The lowest BCUT2D eigenvalue weighted by molar-refractivity contribution is 0.101. The van der Waals surface area contributed by atoms with Gasteiger partial charge in [0.25, 0.3) is 0 Å². The van der Waals surface area contributed by atoms with E-state index in [-0.39, 0.29) is 5.82 Å². The van der Waals surface area contributed by atoms with Gasteiger partial charge in [-0.25, -0.2) is 4.39 Å². The van der Waals surface area contributed by atoms with E-state index in [1.165, 1.54) is 17.7 Å². The lowest BCUT2D eigenvalue weighted by Crippen LogP contribution is -2.24. The summed E-state index contributed by atoms with van der Waals surface area (Å²) >= 11 is 0.